The van der Waals surface area contributed by atoms with Crippen LogP contribution in [0.5, 0.6) is 0 Å². The lowest BCUT2D eigenvalue weighted by molar-refractivity contribution is 0.1000. The van der Waals surface area contributed by atoms with Crippen LogP contribution in [-0.4, -0.2) is 24.7 Å². The van der Waals surface area contributed by atoms with Gasteiger partial charge in [-0.05, 0) is 42.7 Å². The highest BCUT2D eigenvalue weighted by Crippen LogP contribution is 2.35. The molecule has 1 saturated carbocycles. The first-order chi connectivity index (χ1) is 11.8. The lowest BCUT2D eigenvalue weighted by Gasteiger charge is -2.22. The summed E-state index contributed by atoms with van der Waals surface area (Å²) in [6, 6.07) is 8.78. The smallest absolute Gasteiger partial charge is 0.249 e. The van der Waals surface area contributed by atoms with Crippen LogP contribution in [0.15, 0.2) is 47.4 Å². The summed E-state index contributed by atoms with van der Waals surface area (Å²) in [4.78, 5) is 10.2. The zero-order valence-electron chi connectivity index (χ0n) is 13.2. The van der Waals surface area contributed by atoms with Crippen LogP contribution < -0.4 is 5.73 Å². The number of rotatable bonds is 6. The SMILES string of the molecule is NC(=O)c1ccc(CN(C2CC2)S(=O)(=O)c2c(F)cccc2F)cc1. The molecule has 1 aliphatic carbocycles. The maximum absolute atomic E-state index is 14.0. The standard InChI is InChI=1S/C17H16F2N2O3S/c18-14-2-1-3-15(19)16(14)25(23,24)21(13-8-9-13)10-11-4-6-12(7-5-11)17(20)22/h1-7,13H,8-10H2,(H2,20,22). The number of primary amides is 1. The van der Waals surface area contributed by atoms with E-state index < -0.39 is 32.5 Å². The van der Waals surface area contributed by atoms with Crippen molar-refractivity contribution in [3.8, 4) is 0 Å². The minimum absolute atomic E-state index is 0.0418. The van der Waals surface area contributed by atoms with Crippen molar-refractivity contribution in [2.24, 2.45) is 5.73 Å². The Hall–Kier alpha value is -2.32. The Kier molecular flexibility index (Phi) is 4.57. The van der Waals surface area contributed by atoms with Crippen LogP contribution in [0.4, 0.5) is 8.78 Å². The van der Waals surface area contributed by atoms with Gasteiger partial charge >= 0.3 is 0 Å². The summed E-state index contributed by atoms with van der Waals surface area (Å²) in [7, 11) is -4.33. The third kappa shape index (κ3) is 3.54. The maximum atomic E-state index is 14.0. The monoisotopic (exact) mass is 366 g/mol. The number of sulfonamides is 1. The van der Waals surface area contributed by atoms with Crippen molar-refractivity contribution < 1.29 is 22.0 Å². The molecule has 0 aliphatic heterocycles. The van der Waals surface area contributed by atoms with E-state index in [-0.39, 0.29) is 12.6 Å². The molecule has 2 aromatic carbocycles. The number of amides is 1. The van der Waals surface area contributed by atoms with Crippen molar-refractivity contribution in [1.29, 1.82) is 0 Å². The predicted molar refractivity (Wildman–Crippen MR) is 87.1 cm³/mol. The molecule has 3 rings (SSSR count). The first kappa shape index (κ1) is 17.5. The van der Waals surface area contributed by atoms with E-state index in [9.17, 15) is 22.0 Å². The second-order valence-electron chi connectivity index (χ2n) is 5.89. The van der Waals surface area contributed by atoms with E-state index in [1.807, 2.05) is 0 Å². The summed E-state index contributed by atoms with van der Waals surface area (Å²) < 4.78 is 54.7. The van der Waals surface area contributed by atoms with E-state index in [1.54, 1.807) is 12.1 Å². The molecule has 132 valence electrons. The van der Waals surface area contributed by atoms with Gasteiger partial charge in [-0.25, -0.2) is 17.2 Å². The fourth-order valence-electron chi connectivity index (χ4n) is 2.57. The average molecular weight is 366 g/mol. The van der Waals surface area contributed by atoms with Gasteiger partial charge in [-0.3, -0.25) is 4.79 Å². The quantitative estimate of drug-likeness (QED) is 0.853. The van der Waals surface area contributed by atoms with E-state index in [2.05, 4.69) is 0 Å². The summed E-state index contributed by atoms with van der Waals surface area (Å²) in [6.07, 6.45) is 1.27. The van der Waals surface area contributed by atoms with Gasteiger partial charge in [-0.15, -0.1) is 0 Å². The second-order valence-corrected chi connectivity index (χ2v) is 7.72. The Morgan fingerprint density at radius 2 is 1.64 bits per heavy atom. The number of hydrogen-bond donors (Lipinski definition) is 1. The molecule has 0 heterocycles. The topological polar surface area (TPSA) is 80.5 Å². The number of nitrogens with two attached hydrogens (primary N) is 1. The Labute approximate surface area is 144 Å². The maximum Gasteiger partial charge on any atom is 0.249 e. The number of hydrogen-bond acceptors (Lipinski definition) is 3. The Morgan fingerprint density at radius 1 is 1.08 bits per heavy atom. The first-order valence-electron chi connectivity index (χ1n) is 7.65. The minimum Gasteiger partial charge on any atom is -0.366 e. The van der Waals surface area contributed by atoms with Crippen LogP contribution >= 0.6 is 0 Å². The molecule has 8 heteroatoms. The van der Waals surface area contributed by atoms with E-state index in [1.165, 1.54) is 12.1 Å². The van der Waals surface area contributed by atoms with Crippen molar-refractivity contribution in [2.75, 3.05) is 0 Å². The highest BCUT2D eigenvalue weighted by atomic mass is 32.2. The van der Waals surface area contributed by atoms with E-state index in [4.69, 9.17) is 5.73 Å². The van der Waals surface area contributed by atoms with Crippen LogP contribution in [0, 0.1) is 11.6 Å². The molecule has 0 bridgehead atoms. The normalized spacial score (nSPS) is 14.7. The second kappa shape index (κ2) is 6.53. The van der Waals surface area contributed by atoms with Gasteiger partial charge in [0.2, 0.25) is 15.9 Å². The molecule has 0 aromatic heterocycles. The molecule has 2 aromatic rings. The lowest BCUT2D eigenvalue weighted by Crippen LogP contribution is -2.33. The molecule has 1 fully saturated rings. The predicted octanol–water partition coefficient (Wildman–Crippen LogP) is 2.42. The fraction of sp³-hybridized carbons (Fsp3) is 0.235. The molecule has 1 aliphatic rings. The first-order valence-corrected chi connectivity index (χ1v) is 9.09. The van der Waals surface area contributed by atoms with Gasteiger partial charge in [-0.2, -0.15) is 4.31 Å². The molecule has 5 nitrogen and oxygen atoms in total. The molecule has 1 amide bonds. The number of benzene rings is 2. The number of nitrogens with zero attached hydrogens (tertiary/aromatic N) is 1. The summed E-state index contributed by atoms with van der Waals surface area (Å²) >= 11 is 0. The molecule has 0 saturated heterocycles. The zero-order chi connectivity index (χ0) is 18.2. The molecular weight excluding hydrogens is 350 g/mol. The van der Waals surface area contributed by atoms with Crippen LogP contribution in [0.2, 0.25) is 0 Å². The van der Waals surface area contributed by atoms with E-state index in [0.29, 0.717) is 24.0 Å². The van der Waals surface area contributed by atoms with Gasteiger partial charge in [0, 0.05) is 18.2 Å². The lowest BCUT2D eigenvalue weighted by atomic mass is 10.1. The van der Waals surface area contributed by atoms with Crippen molar-refractivity contribution >= 4 is 15.9 Å². The number of carbonyl (C=O) groups is 1. The third-order valence-electron chi connectivity index (χ3n) is 4.02. The number of carbonyl (C=O) groups excluding carboxylic acids is 1. The van der Waals surface area contributed by atoms with Gasteiger partial charge < -0.3 is 5.73 Å². The summed E-state index contributed by atoms with van der Waals surface area (Å²) in [5, 5.41) is 0. The van der Waals surface area contributed by atoms with Crippen molar-refractivity contribution in [3.05, 3.63) is 65.2 Å². The molecule has 25 heavy (non-hydrogen) atoms. The van der Waals surface area contributed by atoms with E-state index >= 15 is 0 Å². The van der Waals surface area contributed by atoms with Gasteiger partial charge in [0.15, 0.2) is 4.90 Å². The molecule has 0 unspecified atom stereocenters. The summed E-state index contributed by atoms with van der Waals surface area (Å²) in [5.74, 6) is -2.82. The Morgan fingerprint density at radius 3 is 2.12 bits per heavy atom. The van der Waals surface area contributed by atoms with E-state index in [0.717, 1.165) is 22.5 Å². The van der Waals surface area contributed by atoms with Crippen molar-refractivity contribution in [1.82, 2.24) is 4.31 Å². The van der Waals surface area contributed by atoms with Crippen LogP contribution in [0.25, 0.3) is 0 Å². The Bertz CT molecular complexity index is 890. The van der Waals surface area contributed by atoms with Crippen LogP contribution in [-0.2, 0) is 16.6 Å². The molecule has 0 spiro atoms. The van der Waals surface area contributed by atoms with Gasteiger partial charge in [0.05, 0.1) is 0 Å². The highest BCUT2D eigenvalue weighted by molar-refractivity contribution is 7.89. The zero-order valence-corrected chi connectivity index (χ0v) is 14.0. The van der Waals surface area contributed by atoms with Gasteiger partial charge in [0.25, 0.3) is 0 Å². The molecule has 0 atom stereocenters. The molecule has 0 radical (unpaired) electrons. The largest absolute Gasteiger partial charge is 0.366 e. The molecular formula is C17H16F2N2O3S. The van der Waals surface area contributed by atoms with Crippen molar-refractivity contribution in [3.63, 3.8) is 0 Å². The average Bonchev–Trinajstić information content (AvgIpc) is 3.37. The minimum atomic E-state index is -4.33. The number of halogens is 2. The summed E-state index contributed by atoms with van der Waals surface area (Å²) in [6.45, 7) is -0.0418. The molecule has 2 N–H and O–H groups in total. The highest BCUT2D eigenvalue weighted by Gasteiger charge is 2.40. The van der Waals surface area contributed by atoms with Crippen molar-refractivity contribution in [2.45, 2.75) is 30.3 Å². The fourth-order valence-corrected chi connectivity index (χ4v) is 4.36. The van der Waals surface area contributed by atoms with Gasteiger partial charge in [0.1, 0.15) is 11.6 Å². The summed E-state index contributed by atoms with van der Waals surface area (Å²) in [5.41, 5.74) is 6.06. The Balaban J connectivity index is 1.95. The van der Waals surface area contributed by atoms with Crippen LogP contribution in [0.3, 0.4) is 0 Å². The van der Waals surface area contributed by atoms with Crippen LogP contribution in [0.1, 0.15) is 28.8 Å². The third-order valence-corrected chi connectivity index (χ3v) is 5.97. The van der Waals surface area contributed by atoms with Gasteiger partial charge in [-0.1, -0.05) is 18.2 Å².